The number of carbonyl (C=O) groups excluding carboxylic acids is 1. The van der Waals surface area contributed by atoms with E-state index in [-0.39, 0.29) is 17.8 Å². The van der Waals surface area contributed by atoms with Gasteiger partial charge < -0.3 is 5.32 Å². The first-order valence-electron chi connectivity index (χ1n) is 6.18. The molecule has 0 aromatic carbocycles. The Balaban J connectivity index is 1.84. The maximum atomic E-state index is 12.2. The van der Waals surface area contributed by atoms with E-state index < -0.39 is 0 Å². The van der Waals surface area contributed by atoms with E-state index in [4.69, 9.17) is 0 Å². The molecule has 0 bridgehead atoms. The van der Waals surface area contributed by atoms with Crippen molar-refractivity contribution >= 4 is 23.0 Å². The van der Waals surface area contributed by atoms with Gasteiger partial charge in [-0.25, -0.2) is 9.50 Å². The normalized spacial score (nSPS) is 12.5. The van der Waals surface area contributed by atoms with E-state index in [9.17, 15) is 4.79 Å². The number of hydrogen-bond acceptors (Lipinski definition) is 5. The summed E-state index contributed by atoms with van der Waals surface area (Å²) in [5, 5.41) is 9.05. The van der Waals surface area contributed by atoms with Crippen LogP contribution in [0, 0.1) is 6.92 Å². The Hall–Kier alpha value is -2.28. The van der Waals surface area contributed by atoms with Gasteiger partial charge in [0.05, 0.1) is 6.04 Å². The second-order valence-corrected chi connectivity index (χ2v) is 5.42. The van der Waals surface area contributed by atoms with Crippen LogP contribution in [0.25, 0.3) is 5.78 Å². The van der Waals surface area contributed by atoms with Crippen LogP contribution in [0.1, 0.15) is 34.2 Å². The van der Waals surface area contributed by atoms with E-state index in [0.29, 0.717) is 5.78 Å². The van der Waals surface area contributed by atoms with E-state index >= 15 is 0 Å². The SMILES string of the molecule is Cc1ccnc2nc(C(=O)NC(C)c3cccs3)nn12. The van der Waals surface area contributed by atoms with Crippen LogP contribution < -0.4 is 5.32 Å². The standard InChI is InChI=1S/C13H13N5OS/c1-8-5-6-14-13-16-11(17-18(8)13)12(19)15-9(2)10-4-3-7-20-10/h3-7,9H,1-2H3,(H,15,19). The van der Waals surface area contributed by atoms with Gasteiger partial charge in [-0.15, -0.1) is 16.4 Å². The fourth-order valence-electron chi connectivity index (χ4n) is 1.87. The first kappa shape index (κ1) is 12.7. The molecule has 0 saturated carbocycles. The molecule has 0 aliphatic carbocycles. The Kier molecular flexibility index (Phi) is 3.19. The molecule has 1 unspecified atom stereocenters. The van der Waals surface area contributed by atoms with Crippen molar-refractivity contribution in [3.8, 4) is 0 Å². The minimum Gasteiger partial charge on any atom is -0.342 e. The van der Waals surface area contributed by atoms with Crippen molar-refractivity contribution in [2.24, 2.45) is 0 Å². The van der Waals surface area contributed by atoms with Gasteiger partial charge in [0.25, 0.3) is 11.7 Å². The lowest BCUT2D eigenvalue weighted by Crippen LogP contribution is -2.27. The number of fused-ring (bicyclic) bond motifs is 1. The van der Waals surface area contributed by atoms with E-state index in [1.807, 2.05) is 37.4 Å². The first-order valence-corrected chi connectivity index (χ1v) is 7.06. The lowest BCUT2D eigenvalue weighted by molar-refractivity contribution is 0.0930. The predicted octanol–water partition coefficient (Wildman–Crippen LogP) is 1.99. The van der Waals surface area contributed by atoms with E-state index in [0.717, 1.165) is 10.6 Å². The van der Waals surface area contributed by atoms with Crippen molar-refractivity contribution in [1.82, 2.24) is 24.9 Å². The van der Waals surface area contributed by atoms with Crippen LogP contribution in [0.2, 0.25) is 0 Å². The third kappa shape index (κ3) is 2.27. The third-order valence-corrected chi connectivity index (χ3v) is 4.01. The quantitative estimate of drug-likeness (QED) is 0.799. The number of nitrogens with zero attached hydrogens (tertiary/aromatic N) is 4. The van der Waals surface area contributed by atoms with Gasteiger partial charge >= 0.3 is 0 Å². The molecule has 3 aromatic heterocycles. The average Bonchev–Trinajstić information content (AvgIpc) is 3.08. The fourth-order valence-corrected chi connectivity index (χ4v) is 2.61. The zero-order valence-electron chi connectivity index (χ0n) is 11.1. The molecule has 0 fully saturated rings. The summed E-state index contributed by atoms with van der Waals surface area (Å²) in [6, 6.07) is 5.69. The van der Waals surface area contributed by atoms with Gasteiger partial charge in [-0.05, 0) is 31.4 Å². The Bertz CT molecular complexity index is 749. The molecule has 0 radical (unpaired) electrons. The highest BCUT2D eigenvalue weighted by molar-refractivity contribution is 7.10. The first-order chi connectivity index (χ1) is 9.65. The summed E-state index contributed by atoms with van der Waals surface area (Å²) >= 11 is 1.60. The Morgan fingerprint density at radius 1 is 1.45 bits per heavy atom. The second-order valence-electron chi connectivity index (χ2n) is 4.44. The molecule has 20 heavy (non-hydrogen) atoms. The molecule has 7 heteroatoms. The summed E-state index contributed by atoms with van der Waals surface area (Å²) in [6.07, 6.45) is 1.65. The van der Waals surface area contributed by atoms with E-state index in [1.165, 1.54) is 0 Å². The number of aromatic nitrogens is 4. The molecular weight excluding hydrogens is 274 g/mol. The second kappa shape index (κ2) is 5.01. The van der Waals surface area contributed by atoms with Crippen LogP contribution >= 0.6 is 11.3 Å². The molecule has 3 aromatic rings. The minimum absolute atomic E-state index is 0.0665. The number of aryl methyl sites for hydroxylation is 1. The molecule has 0 aliphatic rings. The smallest absolute Gasteiger partial charge is 0.291 e. The summed E-state index contributed by atoms with van der Waals surface area (Å²) in [4.78, 5) is 21.5. The van der Waals surface area contributed by atoms with E-state index in [2.05, 4.69) is 20.4 Å². The van der Waals surface area contributed by atoms with Crippen molar-refractivity contribution in [3.05, 3.63) is 46.2 Å². The number of hydrogen-bond donors (Lipinski definition) is 1. The number of thiophene rings is 1. The maximum Gasteiger partial charge on any atom is 0.291 e. The third-order valence-electron chi connectivity index (χ3n) is 2.95. The van der Waals surface area contributed by atoms with Crippen molar-refractivity contribution in [2.45, 2.75) is 19.9 Å². The molecule has 3 rings (SSSR count). The fraction of sp³-hybridized carbons (Fsp3) is 0.231. The van der Waals surface area contributed by atoms with Gasteiger partial charge in [-0.3, -0.25) is 4.79 Å². The molecule has 1 N–H and O–H groups in total. The molecule has 0 aliphatic heterocycles. The highest BCUT2D eigenvalue weighted by Crippen LogP contribution is 2.18. The van der Waals surface area contributed by atoms with Crippen LogP contribution in [-0.4, -0.2) is 25.5 Å². The molecule has 3 heterocycles. The van der Waals surface area contributed by atoms with Crippen LogP contribution in [0.3, 0.4) is 0 Å². The maximum absolute atomic E-state index is 12.2. The summed E-state index contributed by atoms with van der Waals surface area (Å²) in [5.41, 5.74) is 0.882. The zero-order chi connectivity index (χ0) is 14.1. The van der Waals surface area contributed by atoms with Crippen molar-refractivity contribution in [3.63, 3.8) is 0 Å². The van der Waals surface area contributed by atoms with Crippen LogP contribution in [-0.2, 0) is 0 Å². The van der Waals surface area contributed by atoms with Crippen LogP contribution in [0.5, 0.6) is 0 Å². The highest BCUT2D eigenvalue weighted by atomic mass is 32.1. The number of amides is 1. The van der Waals surface area contributed by atoms with Crippen molar-refractivity contribution in [2.75, 3.05) is 0 Å². The molecule has 102 valence electrons. The zero-order valence-corrected chi connectivity index (χ0v) is 11.9. The number of nitrogens with one attached hydrogen (secondary N) is 1. The summed E-state index contributed by atoms with van der Waals surface area (Å²) in [7, 11) is 0. The van der Waals surface area contributed by atoms with Crippen LogP contribution in [0.15, 0.2) is 29.8 Å². The lowest BCUT2D eigenvalue weighted by atomic mass is 10.3. The van der Waals surface area contributed by atoms with Gasteiger partial charge in [0.2, 0.25) is 5.82 Å². The topological polar surface area (TPSA) is 72.2 Å². The van der Waals surface area contributed by atoms with Gasteiger partial charge in [-0.2, -0.15) is 4.98 Å². The van der Waals surface area contributed by atoms with Gasteiger partial charge in [0.15, 0.2) is 0 Å². The lowest BCUT2D eigenvalue weighted by Gasteiger charge is -2.09. The monoisotopic (exact) mass is 287 g/mol. The number of carbonyl (C=O) groups is 1. The minimum atomic E-state index is -0.296. The summed E-state index contributed by atoms with van der Waals surface area (Å²) < 4.78 is 1.56. The van der Waals surface area contributed by atoms with Crippen molar-refractivity contribution < 1.29 is 4.79 Å². The summed E-state index contributed by atoms with van der Waals surface area (Å²) in [6.45, 7) is 3.82. The van der Waals surface area contributed by atoms with Crippen molar-refractivity contribution in [1.29, 1.82) is 0 Å². The Morgan fingerprint density at radius 2 is 2.30 bits per heavy atom. The molecular formula is C13H13N5OS. The molecule has 6 nitrogen and oxygen atoms in total. The van der Waals surface area contributed by atoms with Crippen LogP contribution in [0.4, 0.5) is 0 Å². The van der Waals surface area contributed by atoms with Gasteiger partial charge in [0.1, 0.15) is 0 Å². The average molecular weight is 287 g/mol. The summed E-state index contributed by atoms with van der Waals surface area (Å²) in [5.74, 6) is 0.268. The Morgan fingerprint density at radius 3 is 3.00 bits per heavy atom. The van der Waals surface area contributed by atoms with E-state index in [1.54, 1.807) is 22.0 Å². The Labute approximate surface area is 119 Å². The van der Waals surface area contributed by atoms with Gasteiger partial charge in [-0.1, -0.05) is 6.07 Å². The molecule has 0 saturated heterocycles. The molecule has 1 amide bonds. The largest absolute Gasteiger partial charge is 0.342 e. The molecule has 1 atom stereocenters. The van der Waals surface area contributed by atoms with Gasteiger partial charge in [0, 0.05) is 16.8 Å². The number of rotatable bonds is 3. The highest BCUT2D eigenvalue weighted by Gasteiger charge is 2.17. The predicted molar refractivity (Wildman–Crippen MR) is 75.7 cm³/mol. The molecule has 0 spiro atoms.